The van der Waals surface area contributed by atoms with E-state index in [0.717, 1.165) is 38.5 Å². The number of carbonyl (C=O) groups is 2. The zero-order valence-electron chi connectivity index (χ0n) is 12.6. The number of carboxylic acids is 1. The third kappa shape index (κ3) is 2.80. The van der Waals surface area contributed by atoms with Crippen LogP contribution < -0.4 is 5.73 Å². The van der Waals surface area contributed by atoms with Gasteiger partial charge in [0.2, 0.25) is 5.91 Å². The van der Waals surface area contributed by atoms with Gasteiger partial charge in [-0.2, -0.15) is 0 Å². The quantitative estimate of drug-likeness (QED) is 0.809. The number of rotatable bonds is 5. The van der Waals surface area contributed by atoms with E-state index in [0.29, 0.717) is 13.0 Å². The second-order valence-electron chi connectivity index (χ2n) is 7.36. The van der Waals surface area contributed by atoms with Gasteiger partial charge in [-0.3, -0.25) is 9.59 Å². The van der Waals surface area contributed by atoms with Gasteiger partial charge in [0.1, 0.15) is 0 Å². The van der Waals surface area contributed by atoms with Crippen molar-refractivity contribution in [2.45, 2.75) is 69.9 Å². The SMILES string of the molecule is NCC1(CC(=O)N2C3CCC2CC(CC(=O)O)C3)CCC1. The molecule has 0 spiro atoms. The third-order valence-corrected chi connectivity index (χ3v) is 5.96. The van der Waals surface area contributed by atoms with Crippen molar-refractivity contribution in [3.63, 3.8) is 0 Å². The fraction of sp³-hybridized carbons (Fsp3) is 0.875. The van der Waals surface area contributed by atoms with Crippen molar-refractivity contribution in [3.8, 4) is 0 Å². The van der Waals surface area contributed by atoms with Crippen LogP contribution in [0.1, 0.15) is 57.8 Å². The Morgan fingerprint density at radius 3 is 2.24 bits per heavy atom. The Balaban J connectivity index is 1.62. The van der Waals surface area contributed by atoms with Crippen LogP contribution in [-0.2, 0) is 9.59 Å². The Kier molecular flexibility index (Phi) is 3.95. The highest BCUT2D eigenvalue weighted by molar-refractivity contribution is 5.78. The van der Waals surface area contributed by atoms with E-state index in [-0.39, 0.29) is 35.7 Å². The van der Waals surface area contributed by atoms with Crippen molar-refractivity contribution in [1.29, 1.82) is 0 Å². The molecule has 0 aromatic rings. The fourth-order valence-corrected chi connectivity index (χ4v) is 4.65. The highest BCUT2D eigenvalue weighted by Crippen LogP contribution is 2.46. The molecular weight excluding hydrogens is 268 g/mol. The normalized spacial score (nSPS) is 33.6. The molecule has 1 saturated carbocycles. The Labute approximate surface area is 125 Å². The zero-order chi connectivity index (χ0) is 15.0. The van der Waals surface area contributed by atoms with Crippen molar-refractivity contribution < 1.29 is 14.7 Å². The van der Waals surface area contributed by atoms with Crippen LogP contribution >= 0.6 is 0 Å². The summed E-state index contributed by atoms with van der Waals surface area (Å²) < 4.78 is 0. The summed E-state index contributed by atoms with van der Waals surface area (Å²) in [5.41, 5.74) is 5.94. The van der Waals surface area contributed by atoms with E-state index in [1.807, 2.05) is 0 Å². The average molecular weight is 294 g/mol. The molecule has 2 aliphatic heterocycles. The third-order valence-electron chi connectivity index (χ3n) is 5.96. The van der Waals surface area contributed by atoms with Gasteiger partial charge in [0, 0.05) is 24.9 Å². The van der Waals surface area contributed by atoms with Crippen LogP contribution in [0, 0.1) is 11.3 Å². The van der Waals surface area contributed by atoms with Gasteiger partial charge in [0.05, 0.1) is 0 Å². The first-order chi connectivity index (χ1) is 10.0. The average Bonchev–Trinajstić information content (AvgIpc) is 2.65. The second kappa shape index (κ2) is 5.59. The molecule has 5 heteroatoms. The van der Waals surface area contributed by atoms with Crippen LogP contribution in [0.15, 0.2) is 0 Å². The number of nitrogens with zero attached hydrogens (tertiary/aromatic N) is 1. The van der Waals surface area contributed by atoms with Crippen molar-refractivity contribution in [3.05, 3.63) is 0 Å². The van der Waals surface area contributed by atoms with Crippen LogP contribution in [-0.4, -0.2) is 40.5 Å². The summed E-state index contributed by atoms with van der Waals surface area (Å²) in [5, 5.41) is 8.96. The number of piperidine rings is 1. The van der Waals surface area contributed by atoms with Crippen LogP contribution in [0.4, 0.5) is 0 Å². The fourth-order valence-electron chi connectivity index (χ4n) is 4.65. The molecule has 2 saturated heterocycles. The first-order valence-electron chi connectivity index (χ1n) is 8.26. The minimum absolute atomic E-state index is 0.0639. The van der Waals surface area contributed by atoms with Gasteiger partial charge in [-0.25, -0.2) is 0 Å². The molecule has 0 aromatic carbocycles. The lowest BCUT2D eigenvalue weighted by molar-refractivity contribution is -0.142. The van der Waals surface area contributed by atoms with Gasteiger partial charge in [-0.1, -0.05) is 6.42 Å². The molecule has 3 fully saturated rings. The molecule has 1 aliphatic carbocycles. The van der Waals surface area contributed by atoms with Gasteiger partial charge in [-0.05, 0) is 56.4 Å². The summed E-state index contributed by atoms with van der Waals surface area (Å²) in [5.74, 6) is -0.201. The Morgan fingerprint density at radius 1 is 1.19 bits per heavy atom. The van der Waals surface area contributed by atoms with Crippen LogP contribution in [0.5, 0.6) is 0 Å². The van der Waals surface area contributed by atoms with Crippen molar-refractivity contribution >= 4 is 11.9 Å². The van der Waals surface area contributed by atoms with Gasteiger partial charge in [0.25, 0.3) is 0 Å². The Bertz CT molecular complexity index is 414. The molecule has 21 heavy (non-hydrogen) atoms. The first-order valence-corrected chi connectivity index (χ1v) is 8.26. The molecule has 2 atom stereocenters. The smallest absolute Gasteiger partial charge is 0.303 e. The van der Waals surface area contributed by atoms with E-state index in [1.54, 1.807) is 0 Å². The molecule has 2 bridgehead atoms. The number of aliphatic carboxylic acids is 1. The van der Waals surface area contributed by atoms with Gasteiger partial charge >= 0.3 is 5.97 Å². The number of carbonyl (C=O) groups excluding carboxylic acids is 1. The summed E-state index contributed by atoms with van der Waals surface area (Å²) in [7, 11) is 0. The van der Waals surface area contributed by atoms with E-state index in [9.17, 15) is 9.59 Å². The molecular formula is C16H26N2O3. The molecule has 0 radical (unpaired) electrons. The maximum absolute atomic E-state index is 12.7. The number of hydrogen-bond donors (Lipinski definition) is 2. The maximum Gasteiger partial charge on any atom is 0.303 e. The van der Waals surface area contributed by atoms with Crippen molar-refractivity contribution in [1.82, 2.24) is 4.90 Å². The van der Waals surface area contributed by atoms with E-state index in [1.165, 1.54) is 6.42 Å². The molecule has 3 N–H and O–H groups in total. The van der Waals surface area contributed by atoms with Gasteiger partial charge in [0.15, 0.2) is 0 Å². The van der Waals surface area contributed by atoms with Crippen LogP contribution in [0.25, 0.3) is 0 Å². The number of hydrogen-bond acceptors (Lipinski definition) is 3. The number of carboxylic acid groups (broad SMARTS) is 1. The standard InChI is InChI=1S/C16H26N2O3/c17-10-16(4-1-5-16)9-14(19)18-12-2-3-13(18)7-11(6-12)8-15(20)21/h11-13H,1-10,17H2,(H,20,21). The predicted octanol–water partition coefficient (Wildman–Crippen LogP) is 1.75. The summed E-state index contributed by atoms with van der Waals surface area (Å²) in [6.07, 6.45) is 8.03. The van der Waals surface area contributed by atoms with E-state index in [2.05, 4.69) is 4.90 Å². The highest BCUT2D eigenvalue weighted by Gasteiger charge is 2.46. The van der Waals surface area contributed by atoms with Crippen LogP contribution in [0.2, 0.25) is 0 Å². The largest absolute Gasteiger partial charge is 0.481 e. The van der Waals surface area contributed by atoms with E-state index < -0.39 is 5.97 Å². The molecule has 2 heterocycles. The Morgan fingerprint density at radius 2 is 1.81 bits per heavy atom. The van der Waals surface area contributed by atoms with E-state index >= 15 is 0 Å². The lowest BCUT2D eigenvalue weighted by Gasteiger charge is -2.44. The molecule has 118 valence electrons. The second-order valence-corrected chi connectivity index (χ2v) is 7.36. The molecule has 3 rings (SSSR count). The number of amides is 1. The highest BCUT2D eigenvalue weighted by atomic mass is 16.4. The minimum Gasteiger partial charge on any atom is -0.481 e. The van der Waals surface area contributed by atoms with Gasteiger partial charge < -0.3 is 15.7 Å². The summed E-state index contributed by atoms with van der Waals surface area (Å²) in [6.45, 7) is 0.615. The number of fused-ring (bicyclic) bond motifs is 2. The monoisotopic (exact) mass is 294 g/mol. The molecule has 2 unspecified atom stereocenters. The molecule has 5 nitrogen and oxygen atoms in total. The van der Waals surface area contributed by atoms with Crippen molar-refractivity contribution in [2.75, 3.05) is 6.54 Å². The lowest BCUT2D eigenvalue weighted by Crippen LogP contribution is -2.50. The first kappa shape index (κ1) is 14.8. The Hall–Kier alpha value is -1.10. The molecule has 0 aromatic heterocycles. The van der Waals surface area contributed by atoms with Gasteiger partial charge in [-0.15, -0.1) is 0 Å². The van der Waals surface area contributed by atoms with Crippen LogP contribution in [0.3, 0.4) is 0 Å². The van der Waals surface area contributed by atoms with Crippen molar-refractivity contribution in [2.24, 2.45) is 17.1 Å². The number of nitrogens with two attached hydrogens (primary N) is 1. The summed E-state index contributed by atoms with van der Waals surface area (Å²) >= 11 is 0. The molecule has 1 amide bonds. The minimum atomic E-state index is -0.712. The topological polar surface area (TPSA) is 83.6 Å². The van der Waals surface area contributed by atoms with E-state index in [4.69, 9.17) is 10.8 Å². The predicted molar refractivity (Wildman–Crippen MR) is 78.6 cm³/mol. The zero-order valence-corrected chi connectivity index (χ0v) is 12.6. The molecule has 3 aliphatic rings. The maximum atomic E-state index is 12.7. The summed E-state index contributed by atoms with van der Waals surface area (Å²) in [4.78, 5) is 25.7. The lowest BCUT2D eigenvalue weighted by atomic mass is 9.66. The summed E-state index contributed by atoms with van der Waals surface area (Å²) in [6, 6.07) is 0.547.